The maximum Gasteiger partial charge on any atom is 0.251 e. The molecular formula is C10H11N3O2. The number of hydrogen-bond acceptors (Lipinski definition) is 5. The van der Waals surface area contributed by atoms with E-state index in [1.807, 2.05) is 6.07 Å². The van der Waals surface area contributed by atoms with Crippen molar-refractivity contribution in [1.29, 1.82) is 5.26 Å². The molecule has 0 aromatic carbocycles. The molecule has 1 aliphatic heterocycles. The normalized spacial score (nSPS) is 19.8. The standard InChI is InChI=1S/C10H11N3O2/c11-5-9-10(13-3-2-12-9)15-7-8-1-4-14-6-8/h2-3,8H,1,4,6-7H2. The van der Waals surface area contributed by atoms with Gasteiger partial charge in [-0.1, -0.05) is 0 Å². The second-order valence-electron chi connectivity index (χ2n) is 3.36. The van der Waals surface area contributed by atoms with E-state index >= 15 is 0 Å². The molecule has 0 bridgehead atoms. The first kappa shape index (κ1) is 9.87. The van der Waals surface area contributed by atoms with E-state index in [0.29, 0.717) is 18.4 Å². The lowest BCUT2D eigenvalue weighted by Crippen LogP contribution is -2.13. The van der Waals surface area contributed by atoms with Crippen LogP contribution in [0, 0.1) is 17.2 Å². The zero-order chi connectivity index (χ0) is 10.5. The lowest BCUT2D eigenvalue weighted by atomic mass is 10.1. The van der Waals surface area contributed by atoms with Gasteiger partial charge in [-0.25, -0.2) is 9.97 Å². The van der Waals surface area contributed by atoms with Gasteiger partial charge in [0, 0.05) is 24.9 Å². The second kappa shape index (κ2) is 4.71. The monoisotopic (exact) mass is 205 g/mol. The summed E-state index contributed by atoms with van der Waals surface area (Å²) in [5.41, 5.74) is 0.233. The van der Waals surface area contributed by atoms with E-state index in [4.69, 9.17) is 14.7 Å². The Morgan fingerprint density at radius 1 is 1.53 bits per heavy atom. The Bertz CT molecular complexity index is 369. The largest absolute Gasteiger partial charge is 0.475 e. The van der Waals surface area contributed by atoms with E-state index in [-0.39, 0.29) is 5.69 Å². The Balaban J connectivity index is 1.95. The molecule has 0 radical (unpaired) electrons. The van der Waals surface area contributed by atoms with Gasteiger partial charge in [-0.3, -0.25) is 0 Å². The van der Waals surface area contributed by atoms with Crippen LogP contribution in [0.2, 0.25) is 0 Å². The molecule has 1 atom stereocenters. The van der Waals surface area contributed by atoms with Crippen LogP contribution in [0.5, 0.6) is 5.88 Å². The van der Waals surface area contributed by atoms with E-state index < -0.39 is 0 Å². The number of aromatic nitrogens is 2. The van der Waals surface area contributed by atoms with Crippen LogP contribution in [0.1, 0.15) is 12.1 Å². The molecule has 0 aliphatic carbocycles. The van der Waals surface area contributed by atoms with E-state index in [2.05, 4.69) is 9.97 Å². The minimum absolute atomic E-state index is 0.233. The summed E-state index contributed by atoms with van der Waals surface area (Å²) in [4.78, 5) is 7.82. The summed E-state index contributed by atoms with van der Waals surface area (Å²) >= 11 is 0. The van der Waals surface area contributed by atoms with E-state index in [9.17, 15) is 0 Å². The molecule has 5 heteroatoms. The van der Waals surface area contributed by atoms with Crippen molar-refractivity contribution >= 4 is 0 Å². The number of rotatable bonds is 3. The SMILES string of the molecule is N#Cc1nccnc1OCC1CCOC1. The molecule has 0 saturated carbocycles. The van der Waals surface area contributed by atoms with Crippen LogP contribution in [0.4, 0.5) is 0 Å². The summed E-state index contributed by atoms with van der Waals surface area (Å²) in [5.74, 6) is 0.713. The fraction of sp³-hybridized carbons (Fsp3) is 0.500. The van der Waals surface area contributed by atoms with Gasteiger partial charge in [-0.05, 0) is 6.42 Å². The first-order valence-electron chi connectivity index (χ1n) is 4.82. The highest BCUT2D eigenvalue weighted by atomic mass is 16.5. The summed E-state index contributed by atoms with van der Waals surface area (Å²) < 4.78 is 10.7. The highest BCUT2D eigenvalue weighted by Gasteiger charge is 2.17. The molecule has 5 nitrogen and oxygen atoms in total. The first-order valence-corrected chi connectivity index (χ1v) is 4.82. The quantitative estimate of drug-likeness (QED) is 0.728. The Hall–Kier alpha value is -1.67. The van der Waals surface area contributed by atoms with Crippen LogP contribution in [0.15, 0.2) is 12.4 Å². The highest BCUT2D eigenvalue weighted by molar-refractivity contribution is 5.29. The molecule has 1 unspecified atom stereocenters. The van der Waals surface area contributed by atoms with Crippen molar-refractivity contribution in [3.63, 3.8) is 0 Å². The molecule has 0 spiro atoms. The van der Waals surface area contributed by atoms with Crippen molar-refractivity contribution in [1.82, 2.24) is 9.97 Å². The van der Waals surface area contributed by atoms with Gasteiger partial charge in [0.05, 0.1) is 13.2 Å². The summed E-state index contributed by atoms with van der Waals surface area (Å²) in [7, 11) is 0. The molecule has 1 saturated heterocycles. The molecule has 78 valence electrons. The van der Waals surface area contributed by atoms with Gasteiger partial charge in [0.15, 0.2) is 0 Å². The van der Waals surface area contributed by atoms with Crippen molar-refractivity contribution in [3.05, 3.63) is 18.1 Å². The third-order valence-corrected chi connectivity index (χ3v) is 2.25. The molecule has 0 amide bonds. The van der Waals surface area contributed by atoms with Crippen molar-refractivity contribution < 1.29 is 9.47 Å². The smallest absolute Gasteiger partial charge is 0.251 e. The zero-order valence-electron chi connectivity index (χ0n) is 8.22. The summed E-state index contributed by atoms with van der Waals surface area (Å²) in [6.07, 6.45) is 3.99. The van der Waals surface area contributed by atoms with Gasteiger partial charge < -0.3 is 9.47 Å². The van der Waals surface area contributed by atoms with Crippen LogP contribution in [0.3, 0.4) is 0 Å². The van der Waals surface area contributed by atoms with Gasteiger partial charge in [0.2, 0.25) is 5.69 Å². The molecule has 0 N–H and O–H groups in total. The fourth-order valence-electron chi connectivity index (χ4n) is 1.42. The summed E-state index contributed by atoms with van der Waals surface area (Å²) in [5, 5.41) is 8.75. The average molecular weight is 205 g/mol. The van der Waals surface area contributed by atoms with Crippen molar-refractivity contribution in [2.24, 2.45) is 5.92 Å². The predicted octanol–water partition coefficient (Wildman–Crippen LogP) is 0.764. The molecule has 1 aromatic rings. The number of nitriles is 1. The molecule has 15 heavy (non-hydrogen) atoms. The van der Waals surface area contributed by atoms with Crippen LogP contribution in [-0.4, -0.2) is 29.8 Å². The third kappa shape index (κ3) is 2.42. The molecule has 1 aliphatic rings. The lowest BCUT2D eigenvalue weighted by Gasteiger charge is -2.09. The van der Waals surface area contributed by atoms with Gasteiger partial charge >= 0.3 is 0 Å². The average Bonchev–Trinajstić information content (AvgIpc) is 2.79. The van der Waals surface area contributed by atoms with Crippen LogP contribution in [-0.2, 0) is 4.74 Å². The Morgan fingerprint density at radius 3 is 3.13 bits per heavy atom. The Labute approximate surface area is 87.7 Å². The molecular weight excluding hydrogens is 194 g/mol. The second-order valence-corrected chi connectivity index (χ2v) is 3.36. The van der Waals surface area contributed by atoms with Gasteiger partial charge in [0.1, 0.15) is 6.07 Å². The van der Waals surface area contributed by atoms with E-state index in [0.717, 1.165) is 19.6 Å². The molecule has 2 rings (SSSR count). The number of ether oxygens (including phenoxy) is 2. The summed E-state index contributed by atoms with van der Waals surface area (Å²) in [6, 6.07) is 1.94. The lowest BCUT2D eigenvalue weighted by molar-refractivity contribution is 0.165. The third-order valence-electron chi connectivity index (χ3n) is 2.25. The molecule has 1 aromatic heterocycles. The van der Waals surface area contributed by atoms with Crippen molar-refractivity contribution in [3.8, 4) is 11.9 Å². The Kier molecular flexibility index (Phi) is 3.10. The van der Waals surface area contributed by atoms with Crippen molar-refractivity contribution in [2.45, 2.75) is 6.42 Å². The fourth-order valence-corrected chi connectivity index (χ4v) is 1.42. The van der Waals surface area contributed by atoms with Crippen LogP contribution >= 0.6 is 0 Å². The van der Waals surface area contributed by atoms with Gasteiger partial charge in [-0.2, -0.15) is 5.26 Å². The van der Waals surface area contributed by atoms with Gasteiger partial charge in [-0.15, -0.1) is 0 Å². The maximum atomic E-state index is 8.75. The highest BCUT2D eigenvalue weighted by Crippen LogP contribution is 2.16. The van der Waals surface area contributed by atoms with Crippen LogP contribution < -0.4 is 4.74 Å². The minimum atomic E-state index is 0.233. The minimum Gasteiger partial charge on any atom is -0.475 e. The maximum absolute atomic E-state index is 8.75. The zero-order valence-corrected chi connectivity index (χ0v) is 8.22. The van der Waals surface area contributed by atoms with E-state index in [1.165, 1.54) is 12.4 Å². The summed E-state index contributed by atoms with van der Waals surface area (Å²) in [6.45, 7) is 2.05. The van der Waals surface area contributed by atoms with Crippen LogP contribution in [0.25, 0.3) is 0 Å². The Morgan fingerprint density at radius 2 is 2.40 bits per heavy atom. The van der Waals surface area contributed by atoms with Crippen molar-refractivity contribution in [2.75, 3.05) is 19.8 Å². The molecule has 2 heterocycles. The van der Waals surface area contributed by atoms with E-state index in [1.54, 1.807) is 0 Å². The first-order chi connectivity index (χ1) is 7.40. The number of nitrogens with zero attached hydrogens (tertiary/aromatic N) is 3. The number of hydrogen-bond donors (Lipinski definition) is 0. The molecule has 1 fully saturated rings. The topological polar surface area (TPSA) is 68.0 Å². The van der Waals surface area contributed by atoms with Gasteiger partial charge in [0.25, 0.3) is 5.88 Å². The predicted molar refractivity (Wildman–Crippen MR) is 51.2 cm³/mol.